The molecule has 2 unspecified atom stereocenters. The van der Waals surface area contributed by atoms with Crippen LogP contribution in [0.2, 0.25) is 0 Å². The van der Waals surface area contributed by atoms with Crippen LogP contribution in [0.5, 0.6) is 0 Å². The van der Waals surface area contributed by atoms with Crippen LogP contribution >= 0.6 is 0 Å². The number of hydrogen-bond acceptors (Lipinski definition) is 0. The highest BCUT2D eigenvalue weighted by Crippen LogP contribution is 2.15. The molecule has 0 amide bonds. The van der Waals surface area contributed by atoms with Crippen LogP contribution in [0.4, 0.5) is 0 Å². The van der Waals surface area contributed by atoms with Crippen LogP contribution in [0.3, 0.4) is 0 Å². The largest absolute Gasteiger partial charge is 0.0654 e. The molecular weight excluding hydrogens is 108 g/mol. The topological polar surface area (TPSA) is 0 Å². The molecule has 0 aromatic carbocycles. The molecule has 0 heterocycles. The Balaban J connectivity index is 3.49. The number of rotatable bonds is 4. The smallest absolute Gasteiger partial charge is 0.0233 e. The Morgan fingerprint density at radius 2 is 2.22 bits per heavy atom. The zero-order valence-electron chi connectivity index (χ0n) is 8.69. The molecule has 9 heavy (non-hydrogen) atoms. The molecule has 0 rings (SSSR count). The first-order valence-corrected chi connectivity index (χ1v) is 3.83. The standard InChI is InChI=1S/C9H20/c1-5-6-9(4)7-8(2)3/h8-9H,5-7H2,1-4H3/i2T,4T. The van der Waals surface area contributed by atoms with Crippen molar-refractivity contribution in [2.45, 2.75) is 46.9 Å². The zero-order valence-corrected chi connectivity index (χ0v) is 6.69. The third kappa shape index (κ3) is 5.88. The van der Waals surface area contributed by atoms with Gasteiger partial charge in [-0.05, 0) is 18.3 Å². The molecule has 56 valence electrons. The van der Waals surface area contributed by atoms with Crippen LogP contribution in [-0.4, -0.2) is 0 Å². The molecule has 0 radical (unpaired) electrons. The molecule has 0 nitrogen and oxygen atoms in total. The summed E-state index contributed by atoms with van der Waals surface area (Å²) in [5, 5.41) is 0. The van der Waals surface area contributed by atoms with E-state index in [0.717, 1.165) is 12.8 Å². The molecule has 0 aromatic rings. The van der Waals surface area contributed by atoms with Crippen molar-refractivity contribution in [1.82, 2.24) is 0 Å². The third-order valence-electron chi connectivity index (χ3n) is 1.43. The Bertz CT molecular complexity index is 83.6. The van der Waals surface area contributed by atoms with Gasteiger partial charge in [0.05, 0.1) is 0 Å². The Morgan fingerprint density at radius 3 is 2.67 bits per heavy atom. The molecule has 0 aliphatic heterocycles. The fourth-order valence-corrected chi connectivity index (χ4v) is 1.10. The molecule has 0 bridgehead atoms. The monoisotopic (exact) mass is 132 g/mol. The maximum Gasteiger partial charge on any atom is 0.0233 e. The van der Waals surface area contributed by atoms with Gasteiger partial charge in [0.1, 0.15) is 0 Å². The van der Waals surface area contributed by atoms with Crippen molar-refractivity contribution in [2.24, 2.45) is 11.8 Å². The van der Waals surface area contributed by atoms with Crippen molar-refractivity contribution in [3.05, 3.63) is 0 Å². The first-order valence-electron chi connectivity index (χ1n) is 5.24. The molecule has 0 saturated heterocycles. The van der Waals surface area contributed by atoms with E-state index in [1.807, 2.05) is 0 Å². The van der Waals surface area contributed by atoms with Gasteiger partial charge in [-0.15, -0.1) is 0 Å². The summed E-state index contributed by atoms with van der Waals surface area (Å²) < 4.78 is 14.4. The van der Waals surface area contributed by atoms with Crippen molar-refractivity contribution >= 4 is 0 Å². The molecule has 0 N–H and O–H groups in total. The fourth-order valence-electron chi connectivity index (χ4n) is 1.10. The second-order valence-electron chi connectivity index (χ2n) is 3.00. The Kier molecular flexibility index (Phi) is 3.10. The van der Waals surface area contributed by atoms with E-state index in [1.165, 1.54) is 6.42 Å². The summed E-state index contributed by atoms with van der Waals surface area (Å²) in [6.45, 7) is 5.32. The van der Waals surface area contributed by atoms with Crippen LogP contribution in [-0.2, 0) is 0 Å². The predicted octanol–water partition coefficient (Wildman–Crippen LogP) is 3.47. The highest BCUT2D eigenvalue weighted by molar-refractivity contribution is 4.54. The molecule has 2 atom stereocenters. The van der Waals surface area contributed by atoms with E-state index in [4.69, 9.17) is 2.74 Å². The van der Waals surface area contributed by atoms with Crippen molar-refractivity contribution < 1.29 is 2.74 Å². The average molecular weight is 132 g/mol. The maximum absolute atomic E-state index is 7.27. The van der Waals surface area contributed by atoms with Crippen molar-refractivity contribution in [1.29, 1.82) is 0 Å². The minimum Gasteiger partial charge on any atom is -0.0654 e. The maximum atomic E-state index is 7.27. The van der Waals surface area contributed by atoms with Gasteiger partial charge in [-0.3, -0.25) is 0 Å². The lowest BCUT2D eigenvalue weighted by Gasteiger charge is -2.11. The van der Waals surface area contributed by atoms with Gasteiger partial charge < -0.3 is 0 Å². The van der Waals surface area contributed by atoms with Crippen LogP contribution in [0.15, 0.2) is 0 Å². The van der Waals surface area contributed by atoms with Crippen LogP contribution in [0.1, 0.15) is 49.7 Å². The molecule has 0 aliphatic rings. The second kappa shape index (κ2) is 4.84. The van der Waals surface area contributed by atoms with Crippen LogP contribution in [0, 0.1) is 11.8 Å². The van der Waals surface area contributed by atoms with Crippen molar-refractivity contribution in [3.63, 3.8) is 0 Å². The fraction of sp³-hybridized carbons (Fsp3) is 1.00. The van der Waals surface area contributed by atoms with E-state index < -0.39 is 0 Å². The van der Waals surface area contributed by atoms with Gasteiger partial charge >= 0.3 is 0 Å². The van der Waals surface area contributed by atoms with Gasteiger partial charge in [0.25, 0.3) is 0 Å². The Morgan fingerprint density at radius 1 is 1.44 bits per heavy atom. The normalized spacial score (nSPS) is 20.2. The van der Waals surface area contributed by atoms with Crippen LogP contribution in [0.25, 0.3) is 0 Å². The van der Waals surface area contributed by atoms with Crippen molar-refractivity contribution in [3.8, 4) is 0 Å². The predicted molar refractivity (Wildman–Crippen MR) is 43.5 cm³/mol. The molecule has 0 aliphatic carbocycles. The quantitative estimate of drug-likeness (QED) is 0.549. The number of hydrogen-bond donors (Lipinski definition) is 0. The van der Waals surface area contributed by atoms with E-state index in [9.17, 15) is 0 Å². The van der Waals surface area contributed by atoms with E-state index in [1.54, 1.807) is 0 Å². The van der Waals surface area contributed by atoms with Gasteiger partial charge in [-0.2, -0.15) is 0 Å². The van der Waals surface area contributed by atoms with Gasteiger partial charge in [0.2, 0.25) is 0 Å². The minimum atomic E-state index is 0.483. The Labute approximate surface area is 62.5 Å². The van der Waals surface area contributed by atoms with Gasteiger partial charge in [-0.1, -0.05) is 40.5 Å². The molecule has 0 aromatic heterocycles. The summed E-state index contributed by atoms with van der Waals surface area (Å²) in [6.07, 6.45) is 3.41. The zero-order chi connectivity index (χ0) is 8.69. The first-order chi connectivity index (χ1) is 5.24. The summed E-state index contributed by atoms with van der Waals surface area (Å²) in [7, 11) is 0. The minimum absolute atomic E-state index is 0.483. The van der Waals surface area contributed by atoms with Gasteiger partial charge in [-0.25, -0.2) is 0 Å². The van der Waals surface area contributed by atoms with E-state index in [2.05, 4.69) is 13.8 Å². The highest BCUT2D eigenvalue weighted by Gasteiger charge is 2.02. The third-order valence-corrected chi connectivity index (χ3v) is 1.43. The van der Waals surface area contributed by atoms with Crippen LogP contribution < -0.4 is 0 Å². The first kappa shape index (κ1) is 5.76. The molecule has 0 spiro atoms. The summed E-state index contributed by atoms with van der Waals surface area (Å²) in [6, 6.07) is 0. The lowest BCUT2D eigenvalue weighted by atomic mass is 9.95. The lowest BCUT2D eigenvalue weighted by molar-refractivity contribution is 0.412. The molecule has 0 heteroatoms. The van der Waals surface area contributed by atoms with Crippen molar-refractivity contribution in [2.75, 3.05) is 0 Å². The molecule has 0 fully saturated rings. The molecule has 0 saturated carbocycles. The summed E-state index contributed by atoms with van der Waals surface area (Å²) in [5.74, 6) is 1.03. The van der Waals surface area contributed by atoms with E-state index in [-0.39, 0.29) is 0 Å². The summed E-state index contributed by atoms with van der Waals surface area (Å²) in [4.78, 5) is 0. The summed E-state index contributed by atoms with van der Waals surface area (Å²) in [5.41, 5.74) is 0. The second-order valence-corrected chi connectivity index (χ2v) is 3.00. The average Bonchev–Trinajstić information content (AvgIpc) is 2.03. The highest BCUT2D eigenvalue weighted by atomic mass is 14.1. The molecular formula is C9H20. The van der Waals surface area contributed by atoms with Gasteiger partial charge in [0, 0.05) is 2.74 Å². The Hall–Kier alpha value is 0. The van der Waals surface area contributed by atoms with Gasteiger partial charge in [0.15, 0.2) is 0 Å². The SMILES string of the molecule is [3H]CC(C)CC(C[3H])CCC. The van der Waals surface area contributed by atoms with E-state index in [0.29, 0.717) is 25.6 Å². The van der Waals surface area contributed by atoms with E-state index >= 15 is 0 Å². The lowest BCUT2D eigenvalue weighted by Crippen LogP contribution is -1.98. The summed E-state index contributed by atoms with van der Waals surface area (Å²) >= 11 is 0.